The Morgan fingerprint density at radius 1 is 1.73 bits per heavy atom. The van der Waals surface area contributed by atoms with Gasteiger partial charge in [0.2, 0.25) is 5.91 Å². The largest absolute Gasteiger partial charge is 0.351 e. The molecule has 1 aromatic rings. The maximum Gasteiger partial charge on any atom is 0.221 e. The Bertz CT molecular complexity index is 317. The number of nitrogens with one attached hydrogen (secondary N) is 1. The molecule has 3 N–H and O–H groups in total. The van der Waals surface area contributed by atoms with Crippen molar-refractivity contribution in [1.29, 1.82) is 0 Å². The molecule has 0 aliphatic carbocycles. The highest BCUT2D eigenvalue weighted by Crippen LogP contribution is 2.19. The Morgan fingerprint density at radius 3 is 2.87 bits per heavy atom. The van der Waals surface area contributed by atoms with Crippen LogP contribution in [-0.2, 0) is 11.3 Å². The predicted molar refractivity (Wildman–Crippen MR) is 69.4 cm³/mol. The lowest BCUT2D eigenvalue weighted by molar-refractivity contribution is -0.121. The summed E-state index contributed by atoms with van der Waals surface area (Å²) in [5, 5.41) is 4.81. The first kappa shape index (κ1) is 14.9. The van der Waals surface area contributed by atoms with Crippen LogP contribution in [0.15, 0.2) is 15.9 Å². The van der Waals surface area contributed by atoms with E-state index in [2.05, 4.69) is 21.2 Å². The summed E-state index contributed by atoms with van der Waals surface area (Å²) in [4.78, 5) is 12.4. The molecule has 0 saturated carbocycles. The number of carbonyl (C=O) groups is 1. The number of hydrogen-bond donors (Lipinski definition) is 2. The van der Waals surface area contributed by atoms with Gasteiger partial charge in [-0.05, 0) is 28.9 Å². The van der Waals surface area contributed by atoms with Gasteiger partial charge in [0.15, 0.2) is 0 Å². The third-order valence-electron chi connectivity index (χ3n) is 1.59. The van der Waals surface area contributed by atoms with Gasteiger partial charge in [0.25, 0.3) is 0 Å². The average molecular weight is 314 g/mol. The zero-order valence-electron chi connectivity index (χ0n) is 8.33. The van der Waals surface area contributed by atoms with Gasteiger partial charge >= 0.3 is 0 Å². The van der Waals surface area contributed by atoms with Gasteiger partial charge in [-0.15, -0.1) is 23.7 Å². The summed E-state index contributed by atoms with van der Waals surface area (Å²) in [6.07, 6.45) is 0.381. The van der Waals surface area contributed by atoms with Crippen LogP contribution in [0.25, 0.3) is 0 Å². The van der Waals surface area contributed by atoms with Crippen LogP contribution in [-0.4, -0.2) is 11.9 Å². The van der Waals surface area contributed by atoms with Crippen LogP contribution < -0.4 is 11.1 Å². The van der Waals surface area contributed by atoms with E-state index >= 15 is 0 Å². The fraction of sp³-hybridized carbons (Fsp3) is 0.444. The van der Waals surface area contributed by atoms with Crippen molar-refractivity contribution in [2.75, 3.05) is 0 Å². The number of halogens is 2. The second-order valence-corrected chi connectivity index (χ2v) is 5.10. The van der Waals surface area contributed by atoms with Gasteiger partial charge < -0.3 is 11.1 Å². The molecule has 6 heteroatoms. The number of thiophene rings is 1. The molecule has 0 aromatic carbocycles. The van der Waals surface area contributed by atoms with Gasteiger partial charge in [-0.2, -0.15) is 0 Å². The van der Waals surface area contributed by atoms with Crippen molar-refractivity contribution in [1.82, 2.24) is 5.32 Å². The van der Waals surface area contributed by atoms with Crippen LogP contribution in [0.3, 0.4) is 0 Å². The zero-order chi connectivity index (χ0) is 10.6. The SMILES string of the molecule is CC(N)CC(=O)NCc1cc(Br)cs1.Cl. The summed E-state index contributed by atoms with van der Waals surface area (Å²) < 4.78 is 1.05. The molecule has 86 valence electrons. The van der Waals surface area contributed by atoms with E-state index in [0.29, 0.717) is 13.0 Å². The van der Waals surface area contributed by atoms with Crippen molar-refractivity contribution in [3.05, 3.63) is 20.8 Å². The number of nitrogens with two attached hydrogens (primary N) is 1. The third kappa shape index (κ3) is 6.14. The van der Waals surface area contributed by atoms with Crippen molar-refractivity contribution in [2.24, 2.45) is 5.73 Å². The Kier molecular flexibility index (Phi) is 7.17. The standard InChI is InChI=1S/C9H13BrN2OS.ClH/c1-6(11)2-9(13)12-4-8-3-7(10)5-14-8;/h3,5-6H,2,4,11H2,1H3,(H,12,13);1H. The van der Waals surface area contributed by atoms with E-state index < -0.39 is 0 Å². The average Bonchev–Trinajstić information content (AvgIpc) is 2.47. The smallest absolute Gasteiger partial charge is 0.221 e. The van der Waals surface area contributed by atoms with Gasteiger partial charge in [-0.25, -0.2) is 0 Å². The first-order valence-corrected chi connectivity index (χ1v) is 6.00. The van der Waals surface area contributed by atoms with Crippen LogP contribution >= 0.6 is 39.7 Å². The molecule has 0 bridgehead atoms. The first-order chi connectivity index (χ1) is 6.58. The van der Waals surface area contributed by atoms with Crippen LogP contribution in [0.4, 0.5) is 0 Å². The maximum absolute atomic E-state index is 11.2. The molecule has 0 aliphatic rings. The summed E-state index contributed by atoms with van der Waals surface area (Å²) in [7, 11) is 0. The third-order valence-corrected chi connectivity index (χ3v) is 3.29. The van der Waals surface area contributed by atoms with Gasteiger partial charge in [0.05, 0.1) is 6.54 Å². The molecule has 1 unspecified atom stereocenters. The van der Waals surface area contributed by atoms with Crippen LogP contribution in [0.1, 0.15) is 18.2 Å². The van der Waals surface area contributed by atoms with E-state index in [0.717, 1.165) is 9.35 Å². The molecule has 1 heterocycles. The highest BCUT2D eigenvalue weighted by Gasteiger charge is 2.05. The summed E-state index contributed by atoms with van der Waals surface area (Å²) in [6.45, 7) is 2.41. The van der Waals surface area contributed by atoms with Crippen molar-refractivity contribution in [3.8, 4) is 0 Å². The minimum atomic E-state index is -0.0786. The molecule has 0 fully saturated rings. The quantitative estimate of drug-likeness (QED) is 0.896. The number of carbonyl (C=O) groups excluding carboxylic acids is 1. The lowest BCUT2D eigenvalue weighted by Gasteiger charge is -2.05. The van der Waals surface area contributed by atoms with Gasteiger partial charge in [-0.3, -0.25) is 4.79 Å². The molecule has 15 heavy (non-hydrogen) atoms. The second-order valence-electron chi connectivity index (χ2n) is 3.19. The van der Waals surface area contributed by atoms with Gasteiger partial charge in [0, 0.05) is 27.2 Å². The summed E-state index contributed by atoms with van der Waals surface area (Å²) in [6, 6.07) is 1.92. The monoisotopic (exact) mass is 312 g/mol. The first-order valence-electron chi connectivity index (χ1n) is 4.33. The molecule has 3 nitrogen and oxygen atoms in total. The Hall–Kier alpha value is -0.100. The van der Waals surface area contributed by atoms with Gasteiger partial charge in [0.1, 0.15) is 0 Å². The van der Waals surface area contributed by atoms with Crippen LogP contribution in [0, 0.1) is 0 Å². The molecule has 1 amide bonds. The predicted octanol–water partition coefficient (Wildman–Crippen LogP) is 2.29. The Balaban J connectivity index is 0.00000196. The summed E-state index contributed by atoms with van der Waals surface area (Å²) in [5.74, 6) is 0.00419. The highest BCUT2D eigenvalue weighted by molar-refractivity contribution is 9.10. The van der Waals surface area contributed by atoms with E-state index in [-0.39, 0.29) is 24.4 Å². The lowest BCUT2D eigenvalue weighted by Crippen LogP contribution is -2.29. The Morgan fingerprint density at radius 2 is 2.40 bits per heavy atom. The number of amides is 1. The molecule has 1 rings (SSSR count). The van der Waals surface area contributed by atoms with E-state index in [1.165, 1.54) is 0 Å². The fourth-order valence-corrected chi connectivity index (χ4v) is 2.39. The molecule has 1 aromatic heterocycles. The fourth-order valence-electron chi connectivity index (χ4n) is 0.997. The maximum atomic E-state index is 11.2. The van der Waals surface area contributed by atoms with Crippen LogP contribution in [0.2, 0.25) is 0 Å². The second kappa shape index (κ2) is 7.22. The van der Waals surface area contributed by atoms with E-state index in [1.807, 2.05) is 18.4 Å². The molecular weight excluding hydrogens is 300 g/mol. The molecule has 0 spiro atoms. The molecular formula is C9H14BrClN2OS. The minimum Gasteiger partial charge on any atom is -0.351 e. The van der Waals surface area contributed by atoms with Crippen molar-refractivity contribution in [2.45, 2.75) is 25.9 Å². The van der Waals surface area contributed by atoms with E-state index in [4.69, 9.17) is 5.73 Å². The van der Waals surface area contributed by atoms with Crippen molar-refractivity contribution < 1.29 is 4.79 Å². The van der Waals surface area contributed by atoms with E-state index in [9.17, 15) is 4.79 Å². The topological polar surface area (TPSA) is 55.1 Å². The van der Waals surface area contributed by atoms with E-state index in [1.54, 1.807) is 11.3 Å². The highest BCUT2D eigenvalue weighted by atomic mass is 79.9. The lowest BCUT2D eigenvalue weighted by atomic mass is 10.2. The number of hydrogen-bond acceptors (Lipinski definition) is 3. The van der Waals surface area contributed by atoms with Crippen LogP contribution in [0.5, 0.6) is 0 Å². The zero-order valence-corrected chi connectivity index (χ0v) is 11.5. The molecule has 0 radical (unpaired) electrons. The molecule has 0 saturated heterocycles. The number of rotatable bonds is 4. The minimum absolute atomic E-state index is 0. The summed E-state index contributed by atoms with van der Waals surface area (Å²) >= 11 is 4.97. The Labute approximate surface area is 108 Å². The van der Waals surface area contributed by atoms with Crippen molar-refractivity contribution >= 4 is 45.6 Å². The summed E-state index contributed by atoms with van der Waals surface area (Å²) in [5.41, 5.74) is 5.50. The normalized spacial score (nSPS) is 11.7. The van der Waals surface area contributed by atoms with Gasteiger partial charge in [-0.1, -0.05) is 0 Å². The molecule has 0 aliphatic heterocycles. The molecule has 1 atom stereocenters. The van der Waals surface area contributed by atoms with Crippen molar-refractivity contribution in [3.63, 3.8) is 0 Å².